The molecule has 1 saturated heterocycles. The molecule has 2 unspecified atom stereocenters. The molecule has 108 valence electrons. The molecule has 3 N–H and O–H groups in total. The van der Waals surface area contributed by atoms with Crippen LogP contribution in [0.2, 0.25) is 10.0 Å². The lowest BCUT2D eigenvalue weighted by atomic mass is 10.0. The first kappa shape index (κ1) is 15.1. The predicted molar refractivity (Wildman–Crippen MR) is 77.6 cm³/mol. The van der Waals surface area contributed by atoms with E-state index in [1.54, 1.807) is 0 Å². The largest absolute Gasteiger partial charge is 0.478 e. The number of aromatic carboxylic acids is 1. The van der Waals surface area contributed by atoms with E-state index in [1.165, 1.54) is 12.1 Å². The second-order valence-electron chi connectivity index (χ2n) is 4.74. The number of anilines is 1. The molecule has 1 aliphatic rings. The van der Waals surface area contributed by atoms with Crippen molar-refractivity contribution in [2.24, 2.45) is 5.92 Å². The monoisotopic (exact) mass is 316 g/mol. The molecule has 1 fully saturated rings. The van der Waals surface area contributed by atoms with E-state index in [2.05, 4.69) is 10.6 Å². The van der Waals surface area contributed by atoms with Gasteiger partial charge in [0.2, 0.25) is 5.91 Å². The van der Waals surface area contributed by atoms with Crippen molar-refractivity contribution in [3.05, 3.63) is 27.7 Å². The average Bonchev–Trinajstić information content (AvgIpc) is 2.78. The Labute approximate surface area is 126 Å². The van der Waals surface area contributed by atoms with Gasteiger partial charge in [-0.1, -0.05) is 23.2 Å². The summed E-state index contributed by atoms with van der Waals surface area (Å²) in [6, 6.07) is 2.72. The molecule has 1 aromatic rings. The molecule has 1 heterocycles. The van der Waals surface area contributed by atoms with Crippen LogP contribution in [0.3, 0.4) is 0 Å². The van der Waals surface area contributed by atoms with Gasteiger partial charge in [0.1, 0.15) is 0 Å². The Morgan fingerprint density at radius 2 is 2.10 bits per heavy atom. The van der Waals surface area contributed by atoms with Crippen LogP contribution < -0.4 is 10.6 Å². The second-order valence-corrected chi connectivity index (χ2v) is 5.59. The first-order valence-corrected chi connectivity index (χ1v) is 6.92. The fourth-order valence-corrected chi connectivity index (χ4v) is 2.84. The zero-order chi connectivity index (χ0) is 14.9. The van der Waals surface area contributed by atoms with Crippen molar-refractivity contribution < 1.29 is 14.7 Å². The van der Waals surface area contributed by atoms with E-state index in [0.29, 0.717) is 6.42 Å². The summed E-state index contributed by atoms with van der Waals surface area (Å²) in [5.74, 6) is -1.64. The molecule has 0 radical (unpaired) electrons. The van der Waals surface area contributed by atoms with Gasteiger partial charge in [0, 0.05) is 11.1 Å². The molecule has 0 saturated carbocycles. The van der Waals surface area contributed by atoms with E-state index in [4.69, 9.17) is 28.3 Å². The zero-order valence-corrected chi connectivity index (χ0v) is 12.3. The maximum absolute atomic E-state index is 12.2. The van der Waals surface area contributed by atoms with Gasteiger partial charge in [0.05, 0.1) is 22.2 Å². The highest BCUT2D eigenvalue weighted by Crippen LogP contribution is 2.31. The summed E-state index contributed by atoms with van der Waals surface area (Å²) >= 11 is 11.8. The van der Waals surface area contributed by atoms with Crippen LogP contribution in [0.5, 0.6) is 0 Å². The molecule has 5 nitrogen and oxygen atoms in total. The third-order valence-electron chi connectivity index (χ3n) is 3.40. The van der Waals surface area contributed by atoms with Crippen molar-refractivity contribution in [1.82, 2.24) is 5.32 Å². The first-order valence-electron chi connectivity index (χ1n) is 6.16. The lowest BCUT2D eigenvalue weighted by Gasteiger charge is -2.17. The number of benzene rings is 1. The van der Waals surface area contributed by atoms with Crippen LogP contribution in [0.4, 0.5) is 5.69 Å². The number of carbonyl (C=O) groups excluding carboxylic acids is 1. The normalized spacial score (nSPS) is 21.8. The third-order valence-corrected chi connectivity index (χ3v) is 3.91. The van der Waals surface area contributed by atoms with Crippen molar-refractivity contribution in [2.75, 3.05) is 11.9 Å². The van der Waals surface area contributed by atoms with E-state index in [0.717, 1.165) is 6.54 Å². The Kier molecular flexibility index (Phi) is 4.52. The van der Waals surface area contributed by atoms with Crippen LogP contribution in [0.25, 0.3) is 0 Å². The van der Waals surface area contributed by atoms with E-state index < -0.39 is 5.97 Å². The van der Waals surface area contributed by atoms with Crippen LogP contribution in [0.15, 0.2) is 12.1 Å². The SMILES string of the molecule is CC1NCCC1C(=O)Nc1c(Cl)cc(Cl)cc1C(=O)O. The van der Waals surface area contributed by atoms with Crippen LogP contribution in [0.1, 0.15) is 23.7 Å². The minimum atomic E-state index is -1.19. The van der Waals surface area contributed by atoms with E-state index in [9.17, 15) is 9.59 Å². The van der Waals surface area contributed by atoms with Crippen molar-refractivity contribution in [1.29, 1.82) is 0 Å². The Morgan fingerprint density at radius 1 is 1.40 bits per heavy atom. The average molecular weight is 317 g/mol. The Hall–Kier alpha value is -1.30. The van der Waals surface area contributed by atoms with Gasteiger partial charge >= 0.3 is 5.97 Å². The lowest BCUT2D eigenvalue weighted by Crippen LogP contribution is -2.32. The topological polar surface area (TPSA) is 78.4 Å². The fraction of sp³-hybridized carbons (Fsp3) is 0.385. The molecule has 7 heteroatoms. The number of carboxylic acid groups (broad SMARTS) is 1. The minimum Gasteiger partial charge on any atom is -0.478 e. The molecular weight excluding hydrogens is 303 g/mol. The van der Waals surface area contributed by atoms with Gasteiger partial charge in [0.25, 0.3) is 0 Å². The molecular formula is C13H14Cl2N2O3. The van der Waals surface area contributed by atoms with Gasteiger partial charge in [-0.05, 0) is 32.0 Å². The third kappa shape index (κ3) is 3.06. The van der Waals surface area contributed by atoms with Gasteiger partial charge in [-0.3, -0.25) is 4.79 Å². The smallest absolute Gasteiger partial charge is 0.337 e. The van der Waals surface area contributed by atoms with Gasteiger partial charge in [-0.2, -0.15) is 0 Å². The van der Waals surface area contributed by atoms with Gasteiger partial charge < -0.3 is 15.7 Å². The maximum atomic E-state index is 12.2. The summed E-state index contributed by atoms with van der Waals surface area (Å²) in [7, 11) is 0. The molecule has 20 heavy (non-hydrogen) atoms. The molecule has 2 atom stereocenters. The fourth-order valence-electron chi connectivity index (χ4n) is 2.30. The summed E-state index contributed by atoms with van der Waals surface area (Å²) in [6.45, 7) is 2.68. The summed E-state index contributed by atoms with van der Waals surface area (Å²) in [4.78, 5) is 23.4. The number of hydrogen-bond acceptors (Lipinski definition) is 3. The van der Waals surface area contributed by atoms with Crippen molar-refractivity contribution in [2.45, 2.75) is 19.4 Å². The van der Waals surface area contributed by atoms with Crippen molar-refractivity contribution in [3.63, 3.8) is 0 Å². The Balaban J connectivity index is 2.29. The van der Waals surface area contributed by atoms with Crippen LogP contribution >= 0.6 is 23.2 Å². The van der Waals surface area contributed by atoms with E-state index >= 15 is 0 Å². The van der Waals surface area contributed by atoms with Crippen LogP contribution in [0, 0.1) is 5.92 Å². The maximum Gasteiger partial charge on any atom is 0.337 e. The minimum absolute atomic E-state index is 0.0503. The molecule has 0 aromatic heterocycles. The lowest BCUT2D eigenvalue weighted by molar-refractivity contribution is -0.120. The highest BCUT2D eigenvalue weighted by atomic mass is 35.5. The summed E-state index contributed by atoms with van der Waals surface area (Å²) < 4.78 is 0. The molecule has 1 aliphatic heterocycles. The van der Waals surface area contributed by atoms with E-state index in [1.807, 2.05) is 6.92 Å². The van der Waals surface area contributed by atoms with Crippen molar-refractivity contribution >= 4 is 40.8 Å². The Morgan fingerprint density at radius 3 is 2.65 bits per heavy atom. The summed E-state index contributed by atoms with van der Waals surface area (Å²) in [5, 5.41) is 15.3. The molecule has 2 rings (SSSR count). The standard InChI is InChI=1S/C13H14Cl2N2O3/c1-6-8(2-3-16-6)12(18)17-11-9(13(19)20)4-7(14)5-10(11)15/h4-6,8,16H,2-3H2,1H3,(H,17,18)(H,19,20). The number of amides is 1. The number of rotatable bonds is 3. The number of halogens is 2. The van der Waals surface area contributed by atoms with E-state index in [-0.39, 0.29) is 39.2 Å². The highest BCUT2D eigenvalue weighted by molar-refractivity contribution is 6.37. The second kappa shape index (κ2) is 5.99. The number of hydrogen-bond donors (Lipinski definition) is 3. The van der Waals surface area contributed by atoms with Crippen molar-refractivity contribution in [3.8, 4) is 0 Å². The number of carboxylic acids is 1. The highest BCUT2D eigenvalue weighted by Gasteiger charge is 2.30. The number of carbonyl (C=O) groups is 2. The number of nitrogens with one attached hydrogen (secondary N) is 2. The summed E-state index contributed by atoms with van der Waals surface area (Å²) in [6.07, 6.45) is 0.709. The van der Waals surface area contributed by atoms with Gasteiger partial charge in [-0.15, -0.1) is 0 Å². The predicted octanol–water partition coefficient (Wildman–Crippen LogP) is 2.63. The molecule has 0 aliphatic carbocycles. The van der Waals surface area contributed by atoms with Crippen LogP contribution in [-0.4, -0.2) is 29.6 Å². The first-order chi connectivity index (χ1) is 9.40. The Bertz CT molecular complexity index is 563. The van der Waals surface area contributed by atoms with Crippen LogP contribution in [-0.2, 0) is 4.79 Å². The molecule has 1 amide bonds. The van der Waals surface area contributed by atoms with Gasteiger partial charge in [0.15, 0.2) is 0 Å². The molecule has 1 aromatic carbocycles. The zero-order valence-electron chi connectivity index (χ0n) is 10.7. The molecule has 0 bridgehead atoms. The quantitative estimate of drug-likeness (QED) is 0.801. The molecule has 0 spiro atoms. The van der Waals surface area contributed by atoms with Gasteiger partial charge in [-0.25, -0.2) is 4.79 Å². The summed E-state index contributed by atoms with van der Waals surface area (Å²) in [5.41, 5.74) is -0.0258.